The highest BCUT2D eigenvalue weighted by molar-refractivity contribution is 7.92. The smallest absolute Gasteiger partial charge is 0.241 e. The topological polar surface area (TPSA) is 75.3 Å². The molecule has 1 aliphatic carbocycles. The lowest BCUT2D eigenvalue weighted by Crippen LogP contribution is -2.58. The SMILES string of the molecule is CS(=O)(=O)C1(C(=O)NCC2(c3ccc(F)cc3)CCCCC2)CCNCC1. The lowest BCUT2D eigenvalue weighted by Gasteiger charge is -2.40. The molecule has 0 spiro atoms. The Kier molecular flexibility index (Phi) is 5.91. The zero-order valence-electron chi connectivity index (χ0n) is 15.9. The number of carbonyl (C=O) groups excluding carboxylic acids is 1. The van der Waals surface area contributed by atoms with E-state index < -0.39 is 20.5 Å². The summed E-state index contributed by atoms with van der Waals surface area (Å²) < 4.78 is 36.9. The number of halogens is 1. The molecule has 0 bridgehead atoms. The van der Waals surface area contributed by atoms with Crippen molar-refractivity contribution in [1.29, 1.82) is 0 Å². The van der Waals surface area contributed by atoms with E-state index in [1.165, 1.54) is 12.1 Å². The van der Waals surface area contributed by atoms with Crippen molar-refractivity contribution < 1.29 is 17.6 Å². The molecule has 0 unspecified atom stereocenters. The van der Waals surface area contributed by atoms with Crippen LogP contribution in [0.5, 0.6) is 0 Å². The normalized spacial score (nSPS) is 22.1. The van der Waals surface area contributed by atoms with E-state index in [0.29, 0.717) is 32.5 Å². The minimum atomic E-state index is -3.53. The van der Waals surface area contributed by atoms with Gasteiger partial charge < -0.3 is 10.6 Å². The molecule has 5 nitrogen and oxygen atoms in total. The standard InChI is InChI=1S/C20H29FN2O3S/c1-27(25,26)20(11-13-22-14-12-20)18(24)23-15-19(9-3-2-4-10-19)16-5-7-17(21)8-6-16/h5-8,22H,2-4,9-15H2,1H3,(H,23,24). The Morgan fingerprint density at radius 1 is 1.07 bits per heavy atom. The van der Waals surface area contributed by atoms with E-state index in [2.05, 4.69) is 10.6 Å². The average Bonchev–Trinajstić information content (AvgIpc) is 2.67. The lowest BCUT2D eigenvalue weighted by atomic mass is 9.69. The number of hydrogen-bond acceptors (Lipinski definition) is 4. The molecular formula is C20H29FN2O3S. The summed E-state index contributed by atoms with van der Waals surface area (Å²) >= 11 is 0. The molecule has 1 aromatic rings. The maximum absolute atomic E-state index is 13.4. The Morgan fingerprint density at radius 3 is 2.22 bits per heavy atom. The maximum Gasteiger partial charge on any atom is 0.241 e. The zero-order valence-corrected chi connectivity index (χ0v) is 16.7. The molecule has 1 heterocycles. The Bertz CT molecular complexity index is 765. The third-order valence-electron chi connectivity index (χ3n) is 6.39. The van der Waals surface area contributed by atoms with Crippen LogP contribution in [0.15, 0.2) is 24.3 Å². The largest absolute Gasteiger partial charge is 0.354 e. The van der Waals surface area contributed by atoms with Crippen molar-refractivity contribution in [3.8, 4) is 0 Å². The van der Waals surface area contributed by atoms with Gasteiger partial charge in [-0.15, -0.1) is 0 Å². The second-order valence-corrected chi connectivity index (χ2v) is 10.4. The maximum atomic E-state index is 13.4. The van der Waals surface area contributed by atoms with Crippen LogP contribution in [0.3, 0.4) is 0 Å². The van der Waals surface area contributed by atoms with Crippen LogP contribution in [0.4, 0.5) is 4.39 Å². The monoisotopic (exact) mass is 396 g/mol. The highest BCUT2D eigenvalue weighted by Crippen LogP contribution is 2.39. The van der Waals surface area contributed by atoms with Crippen molar-refractivity contribution in [3.63, 3.8) is 0 Å². The van der Waals surface area contributed by atoms with Crippen LogP contribution in [-0.2, 0) is 20.0 Å². The lowest BCUT2D eigenvalue weighted by molar-refractivity contribution is -0.124. The average molecular weight is 397 g/mol. The van der Waals surface area contributed by atoms with E-state index in [4.69, 9.17) is 0 Å². The van der Waals surface area contributed by atoms with Crippen molar-refractivity contribution in [2.75, 3.05) is 25.9 Å². The Hall–Kier alpha value is -1.47. The molecule has 0 atom stereocenters. The van der Waals surface area contributed by atoms with Gasteiger partial charge in [0.15, 0.2) is 14.6 Å². The van der Waals surface area contributed by atoms with Crippen molar-refractivity contribution >= 4 is 15.7 Å². The van der Waals surface area contributed by atoms with E-state index in [1.54, 1.807) is 12.1 Å². The van der Waals surface area contributed by atoms with Gasteiger partial charge in [0.1, 0.15) is 5.82 Å². The Balaban J connectivity index is 1.82. The van der Waals surface area contributed by atoms with E-state index in [9.17, 15) is 17.6 Å². The van der Waals surface area contributed by atoms with Crippen LogP contribution < -0.4 is 10.6 Å². The molecule has 1 aliphatic heterocycles. The summed E-state index contributed by atoms with van der Waals surface area (Å²) in [7, 11) is -3.53. The third kappa shape index (κ3) is 4.04. The second-order valence-electron chi connectivity index (χ2n) is 8.05. The minimum Gasteiger partial charge on any atom is -0.354 e. The first kappa shape index (κ1) is 20.3. The number of rotatable bonds is 5. The third-order valence-corrected chi connectivity index (χ3v) is 8.40. The van der Waals surface area contributed by atoms with Crippen molar-refractivity contribution in [3.05, 3.63) is 35.6 Å². The quantitative estimate of drug-likeness (QED) is 0.801. The molecule has 7 heteroatoms. The van der Waals surface area contributed by atoms with Crippen LogP contribution in [0.1, 0.15) is 50.5 Å². The number of nitrogens with one attached hydrogen (secondary N) is 2. The molecule has 2 fully saturated rings. The van der Waals surface area contributed by atoms with Crippen LogP contribution in [-0.4, -0.2) is 45.0 Å². The Morgan fingerprint density at radius 2 is 1.67 bits per heavy atom. The highest BCUT2D eigenvalue weighted by Gasteiger charge is 2.49. The fourth-order valence-corrected chi connectivity index (χ4v) is 5.96. The minimum absolute atomic E-state index is 0.257. The fraction of sp³-hybridized carbons (Fsp3) is 0.650. The number of carbonyl (C=O) groups is 1. The number of amides is 1. The van der Waals surface area contributed by atoms with Gasteiger partial charge in [0.25, 0.3) is 0 Å². The number of piperidine rings is 1. The number of benzene rings is 1. The van der Waals surface area contributed by atoms with Gasteiger partial charge in [0.05, 0.1) is 0 Å². The number of sulfone groups is 1. The van der Waals surface area contributed by atoms with Crippen LogP contribution in [0.25, 0.3) is 0 Å². The molecule has 27 heavy (non-hydrogen) atoms. The van der Waals surface area contributed by atoms with Gasteiger partial charge in [-0.1, -0.05) is 31.4 Å². The molecule has 1 aromatic carbocycles. The molecule has 3 rings (SSSR count). The molecule has 1 amide bonds. The molecule has 1 saturated carbocycles. The van der Waals surface area contributed by atoms with E-state index in [1.807, 2.05) is 0 Å². The first-order valence-corrected chi connectivity index (χ1v) is 11.6. The van der Waals surface area contributed by atoms with E-state index in [0.717, 1.165) is 43.9 Å². The van der Waals surface area contributed by atoms with E-state index in [-0.39, 0.29) is 11.2 Å². The summed E-state index contributed by atoms with van der Waals surface area (Å²) in [4.78, 5) is 13.1. The zero-order chi connectivity index (χ0) is 19.5. The molecule has 0 radical (unpaired) electrons. The summed E-state index contributed by atoms with van der Waals surface area (Å²) in [6, 6.07) is 6.50. The molecule has 1 saturated heterocycles. The van der Waals surface area contributed by atoms with Crippen molar-refractivity contribution in [1.82, 2.24) is 10.6 Å². The van der Waals surface area contributed by atoms with Gasteiger partial charge in [-0.3, -0.25) is 4.79 Å². The molecule has 150 valence electrons. The van der Waals surface area contributed by atoms with Gasteiger partial charge >= 0.3 is 0 Å². The second kappa shape index (κ2) is 7.87. The van der Waals surface area contributed by atoms with Crippen LogP contribution >= 0.6 is 0 Å². The fourth-order valence-electron chi connectivity index (χ4n) is 4.61. The van der Waals surface area contributed by atoms with Gasteiger partial charge in [-0.25, -0.2) is 12.8 Å². The first-order chi connectivity index (χ1) is 12.8. The summed E-state index contributed by atoms with van der Waals surface area (Å²) in [5.74, 6) is -0.668. The highest BCUT2D eigenvalue weighted by atomic mass is 32.2. The predicted molar refractivity (Wildman–Crippen MR) is 104 cm³/mol. The van der Waals surface area contributed by atoms with Crippen LogP contribution in [0, 0.1) is 5.82 Å². The number of hydrogen-bond donors (Lipinski definition) is 2. The summed E-state index contributed by atoms with van der Waals surface area (Å²) in [5, 5.41) is 6.11. The first-order valence-electron chi connectivity index (χ1n) is 9.74. The molecule has 0 aromatic heterocycles. The summed E-state index contributed by atoms with van der Waals surface area (Å²) in [6.07, 6.45) is 6.81. The van der Waals surface area contributed by atoms with Crippen LogP contribution in [0.2, 0.25) is 0 Å². The van der Waals surface area contributed by atoms with Gasteiger partial charge in [-0.2, -0.15) is 0 Å². The summed E-state index contributed by atoms with van der Waals surface area (Å²) in [5.41, 5.74) is 0.760. The Labute approximate surface area is 161 Å². The summed E-state index contributed by atoms with van der Waals surface area (Å²) in [6.45, 7) is 1.43. The van der Waals surface area contributed by atoms with Crippen molar-refractivity contribution in [2.45, 2.75) is 55.1 Å². The molecule has 2 aliphatic rings. The van der Waals surface area contributed by atoms with E-state index >= 15 is 0 Å². The van der Waals surface area contributed by atoms with Crippen molar-refractivity contribution in [2.24, 2.45) is 0 Å². The van der Waals surface area contributed by atoms with Gasteiger partial charge in [0.2, 0.25) is 5.91 Å². The van der Waals surface area contributed by atoms with Gasteiger partial charge in [-0.05, 0) is 56.5 Å². The molecular weight excluding hydrogens is 367 g/mol. The van der Waals surface area contributed by atoms with Gasteiger partial charge in [0, 0.05) is 18.2 Å². The predicted octanol–water partition coefficient (Wildman–Crippen LogP) is 2.31. The molecule has 2 N–H and O–H groups in total.